The van der Waals surface area contributed by atoms with Crippen molar-refractivity contribution in [3.8, 4) is 6.07 Å². The lowest BCUT2D eigenvalue weighted by molar-refractivity contribution is 0.0342. The van der Waals surface area contributed by atoms with Gasteiger partial charge in [-0.15, -0.1) is 0 Å². The Hall–Kier alpha value is -0.890. The maximum absolute atomic E-state index is 9.91. The summed E-state index contributed by atoms with van der Waals surface area (Å²) in [5, 5.41) is 28.9. The maximum Gasteiger partial charge on any atom is 0.106 e. The van der Waals surface area contributed by atoms with Gasteiger partial charge in [0.2, 0.25) is 0 Å². The molecule has 3 nitrogen and oxygen atoms in total. The first-order valence-corrected chi connectivity index (χ1v) is 6.69. The number of nitrogens with zero attached hydrogens (tertiary/aromatic N) is 1. The molecule has 1 fully saturated rings. The molecule has 1 aliphatic carbocycles. The Kier molecular flexibility index (Phi) is 3.53. The van der Waals surface area contributed by atoms with Crippen molar-refractivity contribution in [3.05, 3.63) is 35.4 Å². The molecule has 1 saturated carbocycles. The number of aliphatic hydroxyl groups is 2. The van der Waals surface area contributed by atoms with E-state index in [0.29, 0.717) is 10.9 Å². The van der Waals surface area contributed by atoms with Crippen LogP contribution in [0.5, 0.6) is 0 Å². The second kappa shape index (κ2) is 4.77. The van der Waals surface area contributed by atoms with Gasteiger partial charge in [-0.25, -0.2) is 0 Å². The molecule has 0 spiro atoms. The summed E-state index contributed by atoms with van der Waals surface area (Å²) in [6.45, 7) is 0. The highest BCUT2D eigenvalue weighted by molar-refractivity contribution is 9.09. The van der Waals surface area contributed by atoms with Crippen LogP contribution in [-0.2, 0) is 5.41 Å². The zero-order valence-corrected chi connectivity index (χ0v) is 10.9. The highest BCUT2D eigenvalue weighted by Gasteiger charge is 2.45. The molecule has 2 N–H and O–H groups in total. The monoisotopic (exact) mass is 295 g/mol. The summed E-state index contributed by atoms with van der Waals surface area (Å²) in [7, 11) is 0. The lowest BCUT2D eigenvalue weighted by Gasteiger charge is -2.17. The zero-order chi connectivity index (χ0) is 12.5. The van der Waals surface area contributed by atoms with Gasteiger partial charge in [-0.05, 0) is 24.0 Å². The summed E-state index contributed by atoms with van der Waals surface area (Å²) in [5.41, 5.74) is 1.25. The molecule has 1 aromatic carbocycles. The lowest BCUT2D eigenvalue weighted by atomic mass is 9.93. The average molecular weight is 296 g/mol. The first-order chi connectivity index (χ1) is 8.13. The van der Waals surface area contributed by atoms with Gasteiger partial charge < -0.3 is 10.2 Å². The quantitative estimate of drug-likeness (QED) is 0.836. The summed E-state index contributed by atoms with van der Waals surface area (Å²) in [6, 6.07) is 9.66. The van der Waals surface area contributed by atoms with Gasteiger partial charge in [0.1, 0.15) is 6.10 Å². The van der Waals surface area contributed by atoms with Crippen LogP contribution in [0.4, 0.5) is 0 Å². The average Bonchev–Trinajstić information content (AvgIpc) is 3.18. The number of hydrogen-bond acceptors (Lipinski definition) is 3. The number of rotatable bonds is 4. The van der Waals surface area contributed by atoms with E-state index in [1.165, 1.54) is 0 Å². The fourth-order valence-corrected chi connectivity index (χ4v) is 2.27. The fourth-order valence-electron chi connectivity index (χ4n) is 1.92. The highest BCUT2D eigenvalue weighted by Crippen LogP contribution is 2.47. The van der Waals surface area contributed by atoms with E-state index < -0.39 is 12.2 Å². The van der Waals surface area contributed by atoms with Gasteiger partial charge in [0, 0.05) is 5.33 Å². The van der Waals surface area contributed by atoms with Crippen LogP contribution in [0.1, 0.15) is 30.1 Å². The minimum absolute atomic E-state index is 0.321. The van der Waals surface area contributed by atoms with Crippen LogP contribution in [0, 0.1) is 11.3 Å². The Morgan fingerprint density at radius 3 is 2.65 bits per heavy atom. The summed E-state index contributed by atoms with van der Waals surface area (Å²) >= 11 is 3.13. The molecule has 0 saturated heterocycles. The molecule has 0 aliphatic heterocycles. The lowest BCUT2D eigenvalue weighted by Crippen LogP contribution is -2.19. The summed E-state index contributed by atoms with van der Waals surface area (Å²) in [4.78, 5) is 0. The van der Waals surface area contributed by atoms with Gasteiger partial charge in [0.25, 0.3) is 0 Å². The van der Waals surface area contributed by atoms with Crippen molar-refractivity contribution in [2.24, 2.45) is 0 Å². The largest absolute Gasteiger partial charge is 0.389 e. The molecule has 1 aromatic rings. The van der Waals surface area contributed by atoms with Crippen molar-refractivity contribution < 1.29 is 10.2 Å². The van der Waals surface area contributed by atoms with Crippen LogP contribution in [0.25, 0.3) is 0 Å². The van der Waals surface area contributed by atoms with Crippen LogP contribution in [-0.4, -0.2) is 21.6 Å². The van der Waals surface area contributed by atoms with E-state index in [4.69, 9.17) is 5.26 Å². The topological polar surface area (TPSA) is 64.2 Å². The SMILES string of the molecule is N#CC1(c2cccc(C(O)C(O)CBr)c2)CC1. The van der Waals surface area contributed by atoms with Gasteiger partial charge in [-0.1, -0.05) is 40.2 Å². The molecule has 17 heavy (non-hydrogen) atoms. The zero-order valence-electron chi connectivity index (χ0n) is 9.31. The predicted octanol–water partition coefficient (Wildman–Crippen LogP) is 2.03. The van der Waals surface area contributed by atoms with Gasteiger partial charge in [-0.2, -0.15) is 5.26 Å². The van der Waals surface area contributed by atoms with Crippen LogP contribution in [0.3, 0.4) is 0 Å². The Balaban J connectivity index is 2.27. The molecular formula is C13H14BrNO2. The molecule has 2 rings (SSSR count). The van der Waals surface area contributed by atoms with Gasteiger partial charge in [0.15, 0.2) is 0 Å². The molecule has 90 valence electrons. The molecule has 0 bridgehead atoms. The number of nitriles is 1. The smallest absolute Gasteiger partial charge is 0.106 e. The van der Waals surface area contributed by atoms with Gasteiger partial charge >= 0.3 is 0 Å². The minimum Gasteiger partial charge on any atom is -0.389 e. The van der Waals surface area contributed by atoms with E-state index in [-0.39, 0.29) is 5.41 Å². The van der Waals surface area contributed by atoms with E-state index in [9.17, 15) is 10.2 Å². The van der Waals surface area contributed by atoms with Gasteiger partial charge in [0.05, 0.1) is 17.6 Å². The van der Waals surface area contributed by atoms with Crippen molar-refractivity contribution in [1.29, 1.82) is 5.26 Å². The van der Waals surface area contributed by atoms with Crippen molar-refractivity contribution in [2.45, 2.75) is 30.5 Å². The fraction of sp³-hybridized carbons (Fsp3) is 0.462. The van der Waals surface area contributed by atoms with E-state index in [1.54, 1.807) is 6.07 Å². The summed E-state index contributed by atoms with van der Waals surface area (Å²) in [5.74, 6) is 0. The Labute approximate surface area is 109 Å². The molecule has 0 aromatic heterocycles. The molecular weight excluding hydrogens is 282 g/mol. The van der Waals surface area contributed by atoms with Gasteiger partial charge in [-0.3, -0.25) is 0 Å². The standard InChI is InChI=1S/C13H14BrNO2/c14-7-11(16)12(17)9-2-1-3-10(6-9)13(8-15)4-5-13/h1-3,6,11-12,16-17H,4-5,7H2. The predicted molar refractivity (Wildman–Crippen MR) is 67.7 cm³/mol. The molecule has 2 unspecified atom stereocenters. The first-order valence-electron chi connectivity index (χ1n) is 5.57. The van der Waals surface area contributed by atoms with E-state index >= 15 is 0 Å². The van der Waals surface area contributed by atoms with Crippen molar-refractivity contribution in [3.63, 3.8) is 0 Å². The summed E-state index contributed by atoms with van der Waals surface area (Å²) < 4.78 is 0. The minimum atomic E-state index is -0.913. The third-order valence-electron chi connectivity index (χ3n) is 3.27. The highest BCUT2D eigenvalue weighted by atomic mass is 79.9. The van der Waals surface area contributed by atoms with E-state index in [2.05, 4.69) is 22.0 Å². The Morgan fingerprint density at radius 2 is 2.12 bits per heavy atom. The molecule has 1 aliphatic rings. The summed E-state index contributed by atoms with van der Waals surface area (Å²) in [6.07, 6.45) is 0.0139. The third-order valence-corrected chi connectivity index (χ3v) is 3.93. The van der Waals surface area contributed by atoms with Crippen LogP contribution in [0.15, 0.2) is 24.3 Å². The van der Waals surface area contributed by atoms with E-state index in [0.717, 1.165) is 18.4 Å². The number of aliphatic hydroxyl groups excluding tert-OH is 2. The Morgan fingerprint density at radius 1 is 1.41 bits per heavy atom. The number of alkyl halides is 1. The first kappa shape index (κ1) is 12.6. The Bertz CT molecular complexity index is 451. The normalized spacial score (nSPS) is 20.4. The second-order valence-electron chi connectivity index (χ2n) is 4.49. The van der Waals surface area contributed by atoms with Crippen LogP contribution < -0.4 is 0 Å². The van der Waals surface area contributed by atoms with Crippen LogP contribution in [0.2, 0.25) is 0 Å². The molecule has 2 atom stereocenters. The van der Waals surface area contributed by atoms with Crippen molar-refractivity contribution >= 4 is 15.9 Å². The van der Waals surface area contributed by atoms with Crippen LogP contribution >= 0.6 is 15.9 Å². The van der Waals surface area contributed by atoms with E-state index in [1.807, 2.05) is 18.2 Å². The number of hydrogen-bond donors (Lipinski definition) is 2. The van der Waals surface area contributed by atoms with Crippen molar-refractivity contribution in [2.75, 3.05) is 5.33 Å². The molecule has 0 amide bonds. The molecule has 0 heterocycles. The number of benzene rings is 1. The second-order valence-corrected chi connectivity index (χ2v) is 5.13. The number of halogens is 1. The molecule has 4 heteroatoms. The van der Waals surface area contributed by atoms with Crippen molar-refractivity contribution in [1.82, 2.24) is 0 Å². The third kappa shape index (κ3) is 2.37. The molecule has 0 radical (unpaired) electrons. The maximum atomic E-state index is 9.91.